The van der Waals surface area contributed by atoms with Crippen molar-refractivity contribution in [1.82, 2.24) is 29.5 Å². The van der Waals surface area contributed by atoms with E-state index < -0.39 is 59.7 Å². The Labute approximate surface area is 238 Å². The summed E-state index contributed by atoms with van der Waals surface area (Å²) in [7, 11) is -16.9. The smallest absolute Gasteiger partial charge is 0.369 e. The maximum Gasteiger partial charge on any atom is 0.490 e. The Hall–Kier alpha value is -3.42. The van der Waals surface area contributed by atoms with Gasteiger partial charge in [-0.2, -0.15) is 13.6 Å². The number of H-pyrrole nitrogens is 1. The van der Waals surface area contributed by atoms with E-state index in [0.29, 0.717) is 0 Å². The van der Waals surface area contributed by atoms with E-state index in [9.17, 15) is 33.1 Å². The number of phosphoric acid groups is 3. The maximum absolute atomic E-state index is 13.2. The van der Waals surface area contributed by atoms with Gasteiger partial charge in [0, 0.05) is 23.7 Å². The van der Waals surface area contributed by atoms with E-state index in [4.69, 9.17) is 30.3 Å². The summed E-state index contributed by atoms with van der Waals surface area (Å²) >= 11 is 0. The van der Waals surface area contributed by atoms with Gasteiger partial charge in [-0.15, -0.1) is 0 Å². The zero-order chi connectivity index (χ0) is 31.6. The minimum Gasteiger partial charge on any atom is -0.369 e. The van der Waals surface area contributed by atoms with E-state index in [-0.39, 0.29) is 47.9 Å². The Kier molecular flexibility index (Phi) is 9.57. The number of nitrogens with one attached hydrogen (secondary N) is 1. The van der Waals surface area contributed by atoms with E-state index in [0.717, 1.165) is 0 Å². The van der Waals surface area contributed by atoms with Crippen molar-refractivity contribution in [2.24, 2.45) is 11.0 Å². The Balaban J connectivity index is 1.59. The highest BCUT2D eigenvalue weighted by molar-refractivity contribution is 7.66. The molecule has 1 aliphatic rings. The first-order valence-corrected chi connectivity index (χ1v) is 16.1. The molecule has 0 aliphatic carbocycles. The fraction of sp³-hybridized carbons (Fsp3) is 0.412. The van der Waals surface area contributed by atoms with Crippen molar-refractivity contribution in [2.75, 3.05) is 12.3 Å². The van der Waals surface area contributed by atoms with Crippen LogP contribution in [0.4, 0.5) is 5.95 Å². The molecule has 0 bridgehead atoms. The number of azide groups is 1. The van der Waals surface area contributed by atoms with E-state index >= 15 is 0 Å². The number of aromatic nitrogens is 6. The monoisotopic (exact) mass is 666 g/mol. The van der Waals surface area contributed by atoms with Crippen molar-refractivity contribution in [3.63, 3.8) is 0 Å². The standard InChI is InChI=1S/C17H21N10O13P3/c18-17-24-15-14(16(29)25-17)22-7-27(15)12-4-8(3-10(28)13-9(5-23-26-19)20-1-2-21-13)11(38-12)6-37-42(33,34)40-43(35,36)39-41(30,31)32/h1-2,7-8,11-12H,3-6H2,(H,33,34)(H,35,36)(H2,30,31,32)(H3,18,24,25,29)/t8?,11-,12-/m1/s1. The number of fused-ring (bicyclic) bond motifs is 1. The molecule has 3 aromatic rings. The van der Waals surface area contributed by atoms with Gasteiger partial charge in [0.25, 0.3) is 5.56 Å². The maximum atomic E-state index is 13.2. The van der Waals surface area contributed by atoms with Crippen molar-refractivity contribution in [3.05, 3.63) is 50.9 Å². The predicted molar refractivity (Wildman–Crippen MR) is 138 cm³/mol. The molecule has 0 amide bonds. The Morgan fingerprint density at radius 1 is 1.19 bits per heavy atom. The summed E-state index contributed by atoms with van der Waals surface area (Å²) in [6, 6.07) is 0. The molecule has 4 rings (SSSR count). The molecule has 43 heavy (non-hydrogen) atoms. The number of ether oxygens (including phenoxy) is 1. The third-order valence-corrected chi connectivity index (χ3v) is 9.51. The van der Waals surface area contributed by atoms with Crippen LogP contribution in [-0.4, -0.2) is 67.6 Å². The molecule has 4 heterocycles. The molecule has 5 atom stereocenters. The molecule has 26 heteroatoms. The van der Waals surface area contributed by atoms with Crippen LogP contribution in [0.15, 0.2) is 28.6 Å². The highest BCUT2D eigenvalue weighted by Gasteiger charge is 2.44. The number of ketones is 1. The first kappa shape index (κ1) is 32.5. The number of nitrogens with two attached hydrogens (primary N) is 1. The Morgan fingerprint density at radius 2 is 1.91 bits per heavy atom. The number of hydrogen-bond acceptors (Lipinski definition) is 15. The van der Waals surface area contributed by atoms with Crippen molar-refractivity contribution in [1.29, 1.82) is 0 Å². The van der Waals surface area contributed by atoms with Crippen molar-refractivity contribution < 1.29 is 55.9 Å². The molecule has 0 aromatic carbocycles. The van der Waals surface area contributed by atoms with E-state index in [1.807, 2.05) is 0 Å². The van der Waals surface area contributed by atoms with E-state index in [2.05, 4.69) is 43.6 Å². The van der Waals surface area contributed by atoms with Gasteiger partial charge >= 0.3 is 23.5 Å². The second-order valence-corrected chi connectivity index (χ2v) is 13.1. The van der Waals surface area contributed by atoms with Crippen LogP contribution in [0.5, 0.6) is 0 Å². The molecule has 1 aliphatic heterocycles. The van der Waals surface area contributed by atoms with E-state index in [1.54, 1.807) is 0 Å². The van der Waals surface area contributed by atoms with Crippen LogP contribution in [0.3, 0.4) is 0 Å². The van der Waals surface area contributed by atoms with Crippen molar-refractivity contribution >= 4 is 46.4 Å². The van der Waals surface area contributed by atoms with E-state index in [1.165, 1.54) is 23.3 Å². The third kappa shape index (κ3) is 8.36. The average Bonchev–Trinajstić information content (AvgIpc) is 3.48. The van der Waals surface area contributed by atoms with Crippen LogP contribution in [0, 0.1) is 5.92 Å². The number of hydrogen-bond donors (Lipinski definition) is 6. The lowest BCUT2D eigenvalue weighted by Crippen LogP contribution is -2.25. The predicted octanol–water partition coefficient (Wildman–Crippen LogP) is 0.822. The summed E-state index contributed by atoms with van der Waals surface area (Å²) in [5, 5.41) is 3.38. The van der Waals surface area contributed by atoms with Crippen molar-refractivity contribution in [2.45, 2.75) is 31.7 Å². The quantitative estimate of drug-likeness (QED) is 0.0483. The number of carbonyl (C=O) groups excluding carboxylic acids is 1. The summed E-state index contributed by atoms with van der Waals surface area (Å²) in [5.74, 6) is -1.66. The van der Waals surface area contributed by atoms with Gasteiger partial charge < -0.3 is 30.0 Å². The molecule has 7 N–H and O–H groups in total. The lowest BCUT2D eigenvalue weighted by Gasteiger charge is -2.21. The molecular weight excluding hydrogens is 645 g/mol. The molecule has 0 saturated carbocycles. The normalized spacial score (nSPS) is 21.6. The number of carbonyl (C=O) groups is 1. The van der Waals surface area contributed by atoms with Crippen LogP contribution in [0.25, 0.3) is 21.6 Å². The van der Waals surface area contributed by atoms with Crippen molar-refractivity contribution in [3.8, 4) is 0 Å². The number of phosphoric ester groups is 1. The lowest BCUT2D eigenvalue weighted by molar-refractivity contribution is -0.0287. The SMILES string of the molecule is [N-]=[N+]=NCc1nccnc1C(=O)CC1C[C@H](n2cnc3c(=O)[nH]c(N)nc32)O[C@@H]1COP(=O)(O)OP(=O)(O)OP(=O)(O)O. The highest BCUT2D eigenvalue weighted by atomic mass is 31.3. The number of nitrogen functional groups attached to an aromatic ring is 1. The molecule has 3 unspecified atom stereocenters. The fourth-order valence-electron chi connectivity index (χ4n) is 4.12. The Bertz CT molecular complexity index is 1790. The van der Waals surface area contributed by atoms with Gasteiger partial charge in [0.15, 0.2) is 16.9 Å². The summed E-state index contributed by atoms with van der Waals surface area (Å²) in [6.07, 6.45) is 1.14. The van der Waals surface area contributed by atoms with Gasteiger partial charge in [0.1, 0.15) is 11.9 Å². The summed E-state index contributed by atoms with van der Waals surface area (Å²) in [5.41, 5.74) is 13.5. The number of anilines is 1. The van der Waals surface area contributed by atoms with Crippen LogP contribution in [0.2, 0.25) is 0 Å². The molecular formula is C17H21N10O13P3. The number of Topliss-reactive ketones (excluding diaryl/α,β-unsaturated/α-hetero) is 1. The minimum absolute atomic E-state index is 0.00967. The number of rotatable bonds is 13. The Morgan fingerprint density at radius 3 is 2.60 bits per heavy atom. The average molecular weight is 666 g/mol. The number of aromatic amines is 1. The molecule has 232 valence electrons. The molecule has 1 fully saturated rings. The minimum atomic E-state index is -5.79. The summed E-state index contributed by atoms with van der Waals surface area (Å²) in [4.78, 5) is 83.1. The molecule has 0 spiro atoms. The number of nitrogens with zero attached hydrogens (tertiary/aromatic N) is 8. The zero-order valence-electron chi connectivity index (χ0n) is 21.3. The van der Waals surface area contributed by atoms with Crippen LogP contribution in [-0.2, 0) is 38.1 Å². The molecule has 3 aromatic heterocycles. The van der Waals surface area contributed by atoms with Gasteiger partial charge in [0.2, 0.25) is 5.95 Å². The van der Waals surface area contributed by atoms with Gasteiger partial charge in [-0.1, -0.05) is 5.11 Å². The highest BCUT2D eigenvalue weighted by Crippen LogP contribution is 2.66. The molecule has 23 nitrogen and oxygen atoms in total. The fourth-order valence-corrected chi connectivity index (χ4v) is 7.15. The molecule has 1 saturated heterocycles. The van der Waals surface area contributed by atoms with Gasteiger partial charge in [-0.3, -0.25) is 28.6 Å². The first-order valence-electron chi connectivity index (χ1n) is 11.6. The van der Waals surface area contributed by atoms with Gasteiger partial charge in [-0.25, -0.2) is 23.7 Å². The van der Waals surface area contributed by atoms with Gasteiger partial charge in [0.05, 0.1) is 31.3 Å². The molecule has 0 radical (unpaired) electrons. The second kappa shape index (κ2) is 12.7. The van der Waals surface area contributed by atoms with Crippen LogP contribution >= 0.6 is 23.5 Å². The first-order chi connectivity index (χ1) is 20.1. The van der Waals surface area contributed by atoms with Gasteiger partial charge in [-0.05, 0) is 17.9 Å². The van der Waals surface area contributed by atoms with Crippen LogP contribution < -0.4 is 11.3 Å². The summed E-state index contributed by atoms with van der Waals surface area (Å²) in [6.45, 7) is -1.15. The zero-order valence-corrected chi connectivity index (χ0v) is 23.9. The summed E-state index contributed by atoms with van der Waals surface area (Å²) < 4.78 is 54.3. The van der Waals surface area contributed by atoms with Crippen LogP contribution in [0.1, 0.15) is 35.3 Å². The lowest BCUT2D eigenvalue weighted by atomic mass is 9.93. The third-order valence-electron chi connectivity index (χ3n) is 5.71. The largest absolute Gasteiger partial charge is 0.490 e. The topological polar surface area (TPSA) is 350 Å². The number of imidazole rings is 1. The second-order valence-electron chi connectivity index (χ2n) is 8.65.